The summed E-state index contributed by atoms with van der Waals surface area (Å²) in [7, 11) is 0. The number of hydrogen-bond acceptors (Lipinski definition) is 6. The Hall–Kier alpha value is -3.08. The van der Waals surface area contributed by atoms with E-state index in [-0.39, 0.29) is 17.2 Å². The van der Waals surface area contributed by atoms with E-state index in [1.807, 2.05) is 0 Å². The average molecular weight is 439 g/mol. The lowest BCUT2D eigenvalue weighted by Gasteiger charge is -2.09. The van der Waals surface area contributed by atoms with Crippen LogP contribution in [0.4, 0.5) is 30.5 Å². The molecule has 0 bridgehead atoms. The minimum Gasteiger partial charge on any atom is -0.325 e. The van der Waals surface area contributed by atoms with Gasteiger partial charge in [0.05, 0.1) is 28.1 Å². The molecule has 0 saturated heterocycles. The van der Waals surface area contributed by atoms with Gasteiger partial charge in [0, 0.05) is 18.0 Å². The fourth-order valence-electron chi connectivity index (χ4n) is 2.00. The van der Waals surface area contributed by atoms with E-state index in [0.717, 1.165) is 6.07 Å². The zero-order chi connectivity index (χ0) is 19.4. The predicted molar refractivity (Wildman–Crippen MR) is 94.4 cm³/mol. The number of aromatic nitrogens is 4. The highest BCUT2D eigenvalue weighted by atomic mass is 79.9. The Balaban J connectivity index is 1.73. The van der Waals surface area contributed by atoms with Gasteiger partial charge in [-0.25, -0.2) is 9.97 Å². The largest absolute Gasteiger partial charge is 0.417 e. The molecule has 3 aromatic rings. The van der Waals surface area contributed by atoms with Crippen molar-refractivity contribution >= 4 is 39.2 Å². The monoisotopic (exact) mass is 438 g/mol. The van der Waals surface area contributed by atoms with Gasteiger partial charge in [-0.1, -0.05) is 0 Å². The molecule has 7 nitrogen and oxygen atoms in total. The molecule has 0 aliphatic carbocycles. The number of hydrogen-bond donors (Lipinski definition) is 2. The summed E-state index contributed by atoms with van der Waals surface area (Å²) in [5, 5.41) is 12.8. The van der Waals surface area contributed by atoms with Crippen molar-refractivity contribution in [3.05, 3.63) is 64.7 Å². The van der Waals surface area contributed by atoms with Gasteiger partial charge in [-0.3, -0.25) is 4.79 Å². The van der Waals surface area contributed by atoms with Crippen LogP contribution in [-0.2, 0) is 6.18 Å². The number of nitrogens with one attached hydrogen (secondary N) is 2. The van der Waals surface area contributed by atoms with Gasteiger partial charge in [0.25, 0.3) is 5.91 Å². The van der Waals surface area contributed by atoms with Crippen molar-refractivity contribution < 1.29 is 18.0 Å². The number of carbonyl (C=O) groups is 1. The van der Waals surface area contributed by atoms with Crippen LogP contribution in [0.3, 0.4) is 0 Å². The van der Waals surface area contributed by atoms with Crippen LogP contribution >= 0.6 is 15.9 Å². The lowest BCUT2D eigenvalue weighted by molar-refractivity contribution is -0.137. The number of amides is 1. The molecule has 11 heteroatoms. The molecule has 3 rings (SSSR count). The average Bonchev–Trinajstić information content (AvgIpc) is 2.63. The third kappa shape index (κ3) is 4.76. The smallest absolute Gasteiger partial charge is 0.325 e. The number of nitrogens with zero attached hydrogens (tertiary/aromatic N) is 4. The lowest BCUT2D eigenvalue weighted by Crippen LogP contribution is -2.13. The van der Waals surface area contributed by atoms with Crippen molar-refractivity contribution in [3.8, 4) is 0 Å². The zero-order valence-corrected chi connectivity index (χ0v) is 14.9. The molecule has 0 aliphatic rings. The molecule has 138 valence electrons. The van der Waals surface area contributed by atoms with Crippen molar-refractivity contribution in [2.75, 3.05) is 10.6 Å². The van der Waals surface area contributed by atoms with Crippen LogP contribution in [0.25, 0.3) is 0 Å². The second-order valence-corrected chi connectivity index (χ2v) is 6.04. The van der Waals surface area contributed by atoms with Gasteiger partial charge in [0.15, 0.2) is 0 Å². The molecule has 3 aromatic heterocycles. The Morgan fingerprint density at radius 3 is 2.44 bits per heavy atom. The third-order valence-electron chi connectivity index (χ3n) is 3.30. The van der Waals surface area contributed by atoms with Crippen molar-refractivity contribution in [1.82, 2.24) is 20.2 Å². The first-order valence-electron chi connectivity index (χ1n) is 7.37. The second kappa shape index (κ2) is 7.66. The number of alkyl halides is 3. The Morgan fingerprint density at radius 2 is 1.78 bits per heavy atom. The van der Waals surface area contributed by atoms with Gasteiger partial charge in [0.2, 0.25) is 0 Å². The van der Waals surface area contributed by atoms with Crippen LogP contribution in [0.15, 0.2) is 53.5 Å². The third-order valence-corrected chi connectivity index (χ3v) is 3.93. The summed E-state index contributed by atoms with van der Waals surface area (Å²) in [6.07, 6.45) is 0.464. The first kappa shape index (κ1) is 18.7. The van der Waals surface area contributed by atoms with Crippen molar-refractivity contribution in [1.29, 1.82) is 0 Å². The van der Waals surface area contributed by atoms with Crippen LogP contribution in [0.2, 0.25) is 0 Å². The number of carbonyl (C=O) groups excluding carboxylic acids is 1. The molecule has 2 N–H and O–H groups in total. The van der Waals surface area contributed by atoms with Gasteiger partial charge >= 0.3 is 6.18 Å². The maximum Gasteiger partial charge on any atom is 0.417 e. The van der Waals surface area contributed by atoms with Gasteiger partial charge < -0.3 is 10.6 Å². The maximum atomic E-state index is 12.6. The summed E-state index contributed by atoms with van der Waals surface area (Å²) in [6, 6.07) is 5.01. The SMILES string of the molecule is O=C(Nc1cnncc1Br)c1ccnc(Nc2ccc(C(F)(F)F)cn2)c1. The van der Waals surface area contributed by atoms with Gasteiger partial charge in [0.1, 0.15) is 11.6 Å². The molecule has 27 heavy (non-hydrogen) atoms. The summed E-state index contributed by atoms with van der Waals surface area (Å²) in [5.41, 5.74) is -0.139. The van der Waals surface area contributed by atoms with Crippen LogP contribution in [0, 0.1) is 0 Å². The van der Waals surface area contributed by atoms with E-state index in [0.29, 0.717) is 16.4 Å². The Bertz CT molecular complexity index is 965. The Morgan fingerprint density at radius 1 is 1.00 bits per heavy atom. The highest BCUT2D eigenvalue weighted by Crippen LogP contribution is 2.29. The first-order chi connectivity index (χ1) is 12.8. The highest BCUT2D eigenvalue weighted by Gasteiger charge is 2.30. The van der Waals surface area contributed by atoms with E-state index in [4.69, 9.17) is 0 Å². The zero-order valence-electron chi connectivity index (χ0n) is 13.3. The molecular weight excluding hydrogens is 429 g/mol. The van der Waals surface area contributed by atoms with E-state index >= 15 is 0 Å². The van der Waals surface area contributed by atoms with E-state index in [1.165, 1.54) is 36.8 Å². The molecular formula is C16H10BrF3N6O. The van der Waals surface area contributed by atoms with Crippen molar-refractivity contribution in [3.63, 3.8) is 0 Å². The molecule has 0 radical (unpaired) electrons. The number of anilines is 3. The molecule has 0 saturated carbocycles. The second-order valence-electron chi connectivity index (χ2n) is 5.19. The van der Waals surface area contributed by atoms with E-state index < -0.39 is 17.6 Å². The van der Waals surface area contributed by atoms with Crippen LogP contribution in [-0.4, -0.2) is 26.1 Å². The lowest BCUT2D eigenvalue weighted by atomic mass is 10.2. The maximum absolute atomic E-state index is 12.6. The predicted octanol–water partition coefficient (Wildman–Crippen LogP) is 4.04. The van der Waals surface area contributed by atoms with Crippen LogP contribution in [0.1, 0.15) is 15.9 Å². The first-order valence-corrected chi connectivity index (χ1v) is 8.16. The van der Waals surface area contributed by atoms with Crippen molar-refractivity contribution in [2.24, 2.45) is 0 Å². The summed E-state index contributed by atoms with van der Waals surface area (Å²) < 4.78 is 38.3. The van der Waals surface area contributed by atoms with Gasteiger partial charge in [-0.05, 0) is 40.2 Å². The molecule has 0 aliphatic heterocycles. The summed E-state index contributed by atoms with van der Waals surface area (Å²) in [4.78, 5) is 20.1. The minimum atomic E-state index is -4.46. The molecule has 1 amide bonds. The fraction of sp³-hybridized carbons (Fsp3) is 0.0625. The molecule has 0 unspecified atom stereocenters. The fourth-order valence-corrected chi connectivity index (χ4v) is 2.29. The normalized spacial score (nSPS) is 11.1. The molecule has 0 spiro atoms. The highest BCUT2D eigenvalue weighted by molar-refractivity contribution is 9.10. The molecule has 3 heterocycles. The van der Waals surface area contributed by atoms with E-state index in [1.54, 1.807) is 0 Å². The molecule has 0 aromatic carbocycles. The molecule has 0 atom stereocenters. The van der Waals surface area contributed by atoms with Gasteiger partial charge in [-0.15, -0.1) is 0 Å². The van der Waals surface area contributed by atoms with Gasteiger partial charge in [-0.2, -0.15) is 23.4 Å². The molecule has 0 fully saturated rings. The van der Waals surface area contributed by atoms with Crippen LogP contribution in [0.5, 0.6) is 0 Å². The topological polar surface area (TPSA) is 92.7 Å². The van der Waals surface area contributed by atoms with E-state index in [9.17, 15) is 18.0 Å². The Labute approximate surface area is 159 Å². The number of rotatable bonds is 4. The summed E-state index contributed by atoms with van der Waals surface area (Å²) in [6.45, 7) is 0. The van der Waals surface area contributed by atoms with E-state index in [2.05, 4.69) is 46.7 Å². The van der Waals surface area contributed by atoms with Crippen LogP contribution < -0.4 is 10.6 Å². The number of pyridine rings is 2. The summed E-state index contributed by atoms with van der Waals surface area (Å²) in [5.74, 6) is -0.00880. The Kier molecular flexibility index (Phi) is 5.31. The minimum absolute atomic E-state index is 0.161. The number of halogens is 4. The summed E-state index contributed by atoms with van der Waals surface area (Å²) >= 11 is 3.25. The standard InChI is InChI=1S/C16H10BrF3N6O/c17-11-7-23-24-8-12(11)25-15(27)9-3-4-21-14(5-9)26-13-2-1-10(6-22-13)16(18,19)20/h1-8H,(H,21,22,26)(H,23,25,27). The quantitative estimate of drug-likeness (QED) is 0.638. The van der Waals surface area contributed by atoms with Crippen molar-refractivity contribution in [2.45, 2.75) is 6.18 Å².